The van der Waals surface area contributed by atoms with Crippen molar-refractivity contribution >= 4 is 15.9 Å². The molecule has 1 amide bonds. The number of hydrogen-bond acceptors (Lipinski definition) is 5. The molecule has 1 N–H and O–H groups in total. The van der Waals surface area contributed by atoms with Crippen LogP contribution in [0.1, 0.15) is 17.5 Å². The molecule has 170 valence electrons. The summed E-state index contributed by atoms with van der Waals surface area (Å²) in [5.41, 5.74) is 1.57. The van der Waals surface area contributed by atoms with Gasteiger partial charge in [0.25, 0.3) is 0 Å². The number of carbonyl (C=O) groups excluding carboxylic acids is 1. The molecule has 3 rings (SSSR count). The second-order valence-corrected chi connectivity index (χ2v) is 9.32. The number of benzene rings is 2. The average molecular weight is 457 g/mol. The Kier molecular flexibility index (Phi) is 8.02. The first kappa shape index (κ1) is 23.5. The first-order chi connectivity index (χ1) is 15.4. The highest BCUT2D eigenvalue weighted by atomic mass is 32.2. The number of aryl methyl sites for hydroxylation is 2. The van der Waals surface area contributed by atoms with E-state index in [-0.39, 0.29) is 29.6 Å². The molecular formula is C23H28N4O4S. The zero-order valence-electron chi connectivity index (χ0n) is 18.3. The lowest BCUT2D eigenvalue weighted by atomic mass is 10.2. The second-order valence-electron chi connectivity index (χ2n) is 7.42. The van der Waals surface area contributed by atoms with Crippen LogP contribution in [0, 0.1) is 6.92 Å². The van der Waals surface area contributed by atoms with Crippen molar-refractivity contribution in [2.45, 2.75) is 31.3 Å². The van der Waals surface area contributed by atoms with Crippen molar-refractivity contribution in [2.24, 2.45) is 0 Å². The summed E-state index contributed by atoms with van der Waals surface area (Å²) < 4.78 is 35.5. The lowest BCUT2D eigenvalue weighted by Crippen LogP contribution is -2.40. The van der Waals surface area contributed by atoms with Crippen LogP contribution in [0.2, 0.25) is 0 Å². The van der Waals surface area contributed by atoms with Crippen molar-refractivity contribution in [2.75, 3.05) is 20.2 Å². The quantitative estimate of drug-likeness (QED) is 0.448. The average Bonchev–Trinajstić information content (AvgIpc) is 3.30. The first-order valence-corrected chi connectivity index (χ1v) is 11.8. The van der Waals surface area contributed by atoms with Crippen molar-refractivity contribution in [3.63, 3.8) is 0 Å². The number of sulfonamides is 1. The van der Waals surface area contributed by atoms with Gasteiger partial charge in [-0.15, -0.1) is 0 Å². The Hall–Kier alpha value is -3.17. The Morgan fingerprint density at radius 1 is 1.19 bits per heavy atom. The molecule has 0 saturated carbocycles. The molecule has 0 spiro atoms. The summed E-state index contributed by atoms with van der Waals surface area (Å²) in [6.45, 7) is 2.74. The first-order valence-electron chi connectivity index (χ1n) is 10.3. The van der Waals surface area contributed by atoms with Gasteiger partial charge in [-0.1, -0.05) is 36.4 Å². The molecule has 0 aliphatic heterocycles. The molecule has 0 fully saturated rings. The lowest BCUT2D eigenvalue weighted by Gasteiger charge is -2.23. The molecule has 0 aliphatic rings. The van der Waals surface area contributed by atoms with Crippen LogP contribution < -0.4 is 10.1 Å². The zero-order valence-corrected chi connectivity index (χ0v) is 19.1. The van der Waals surface area contributed by atoms with Crippen LogP contribution in [-0.2, 0) is 27.9 Å². The van der Waals surface area contributed by atoms with Gasteiger partial charge in [-0.3, -0.25) is 4.79 Å². The molecule has 0 atom stereocenters. The Morgan fingerprint density at radius 3 is 2.66 bits per heavy atom. The van der Waals surface area contributed by atoms with Crippen molar-refractivity contribution in [1.29, 1.82) is 0 Å². The fourth-order valence-electron chi connectivity index (χ4n) is 3.26. The molecule has 0 radical (unpaired) electrons. The van der Waals surface area contributed by atoms with Crippen LogP contribution in [0.5, 0.6) is 5.75 Å². The number of ether oxygens (including phenoxy) is 1. The summed E-state index contributed by atoms with van der Waals surface area (Å²) in [7, 11) is -2.56. The van der Waals surface area contributed by atoms with E-state index in [1.54, 1.807) is 30.7 Å². The third-order valence-electron chi connectivity index (χ3n) is 4.93. The maximum Gasteiger partial charge on any atom is 0.247 e. The molecule has 1 aromatic heterocycles. The molecule has 32 heavy (non-hydrogen) atoms. The smallest absolute Gasteiger partial charge is 0.247 e. The van der Waals surface area contributed by atoms with Crippen LogP contribution in [0.4, 0.5) is 0 Å². The van der Waals surface area contributed by atoms with E-state index in [2.05, 4.69) is 10.3 Å². The molecule has 8 nitrogen and oxygen atoms in total. The van der Waals surface area contributed by atoms with Crippen molar-refractivity contribution in [3.05, 3.63) is 78.4 Å². The summed E-state index contributed by atoms with van der Waals surface area (Å²) in [5, 5.41) is 2.81. The van der Waals surface area contributed by atoms with Gasteiger partial charge in [-0.05, 0) is 36.6 Å². The molecule has 3 aromatic rings. The van der Waals surface area contributed by atoms with Gasteiger partial charge in [0.2, 0.25) is 15.9 Å². The van der Waals surface area contributed by atoms with Gasteiger partial charge >= 0.3 is 0 Å². The Morgan fingerprint density at radius 2 is 1.97 bits per heavy atom. The van der Waals surface area contributed by atoms with Crippen LogP contribution >= 0.6 is 0 Å². The predicted molar refractivity (Wildman–Crippen MR) is 122 cm³/mol. The molecular weight excluding hydrogens is 428 g/mol. The minimum absolute atomic E-state index is 0.0452. The fraction of sp³-hybridized carbons (Fsp3) is 0.304. The minimum Gasteiger partial charge on any atom is -0.495 e. The Balaban J connectivity index is 1.75. The molecule has 2 aromatic carbocycles. The number of methoxy groups -OCH3 is 1. The largest absolute Gasteiger partial charge is 0.495 e. The number of aromatic nitrogens is 2. The van der Waals surface area contributed by atoms with Gasteiger partial charge in [0.15, 0.2) is 0 Å². The highest BCUT2D eigenvalue weighted by Crippen LogP contribution is 2.28. The standard InChI is InChI=1S/C23H28N4O4S/c1-19-9-10-21(31-2)22(15-19)32(29,30)27(16-20-7-4-3-5-8-20)17-23(28)25-11-6-13-26-14-12-24-18-26/h3-5,7-10,12,14-15,18H,6,11,13,16-17H2,1-2H3,(H,25,28). The van der Waals surface area contributed by atoms with Crippen molar-refractivity contribution in [1.82, 2.24) is 19.2 Å². The van der Waals surface area contributed by atoms with E-state index in [1.807, 2.05) is 48.0 Å². The van der Waals surface area contributed by atoms with E-state index in [1.165, 1.54) is 11.4 Å². The predicted octanol–water partition coefficient (Wildman–Crippen LogP) is 2.60. The van der Waals surface area contributed by atoms with Crippen molar-refractivity contribution < 1.29 is 17.9 Å². The summed E-state index contributed by atoms with van der Waals surface area (Å²) in [5.74, 6) is -0.115. The summed E-state index contributed by atoms with van der Waals surface area (Å²) in [4.78, 5) is 16.7. The number of rotatable bonds is 11. The third kappa shape index (κ3) is 6.18. The van der Waals surface area contributed by atoms with Gasteiger partial charge in [0.1, 0.15) is 10.6 Å². The summed E-state index contributed by atoms with van der Waals surface area (Å²) in [6, 6.07) is 14.2. The van der Waals surface area contributed by atoms with Crippen LogP contribution in [0.15, 0.2) is 72.1 Å². The molecule has 1 heterocycles. The maximum atomic E-state index is 13.5. The van der Waals surface area contributed by atoms with Crippen LogP contribution in [0.25, 0.3) is 0 Å². The topological polar surface area (TPSA) is 93.5 Å². The monoisotopic (exact) mass is 456 g/mol. The summed E-state index contributed by atoms with van der Waals surface area (Å²) >= 11 is 0. The van der Waals surface area contributed by atoms with Gasteiger partial charge in [0.05, 0.1) is 20.0 Å². The molecule has 0 aliphatic carbocycles. The summed E-state index contributed by atoms with van der Waals surface area (Å²) in [6.07, 6.45) is 5.97. The van der Waals surface area contributed by atoms with Gasteiger partial charge in [-0.2, -0.15) is 4.31 Å². The minimum atomic E-state index is -3.99. The van der Waals surface area contributed by atoms with Gasteiger partial charge in [-0.25, -0.2) is 13.4 Å². The Bertz CT molecular complexity index is 1120. The maximum absolute atomic E-state index is 13.5. The van der Waals surface area contributed by atoms with Crippen LogP contribution in [0.3, 0.4) is 0 Å². The normalized spacial score (nSPS) is 11.5. The Labute approximate surface area is 188 Å². The van der Waals surface area contributed by atoms with E-state index in [4.69, 9.17) is 4.74 Å². The molecule has 0 bridgehead atoms. The van der Waals surface area contributed by atoms with Gasteiger partial charge in [0, 0.05) is 32.0 Å². The SMILES string of the molecule is COc1ccc(C)cc1S(=O)(=O)N(CC(=O)NCCCn1ccnc1)Cc1ccccc1. The van der Waals surface area contributed by atoms with E-state index in [0.717, 1.165) is 11.1 Å². The second kappa shape index (κ2) is 10.9. The number of amides is 1. The molecule has 0 saturated heterocycles. The highest BCUT2D eigenvalue weighted by Gasteiger charge is 2.29. The molecule has 9 heteroatoms. The van der Waals surface area contributed by atoms with E-state index in [0.29, 0.717) is 19.5 Å². The number of hydrogen-bond donors (Lipinski definition) is 1. The zero-order chi connectivity index (χ0) is 23.0. The lowest BCUT2D eigenvalue weighted by molar-refractivity contribution is -0.121. The highest BCUT2D eigenvalue weighted by molar-refractivity contribution is 7.89. The third-order valence-corrected chi connectivity index (χ3v) is 6.75. The number of imidazole rings is 1. The number of carbonyl (C=O) groups is 1. The molecule has 0 unspecified atom stereocenters. The van der Waals surface area contributed by atoms with Crippen molar-refractivity contribution in [3.8, 4) is 5.75 Å². The van der Waals surface area contributed by atoms with Crippen LogP contribution in [-0.4, -0.2) is 48.4 Å². The van der Waals surface area contributed by atoms with E-state index in [9.17, 15) is 13.2 Å². The number of nitrogens with zero attached hydrogens (tertiary/aromatic N) is 3. The fourth-order valence-corrected chi connectivity index (χ4v) is 4.89. The van der Waals surface area contributed by atoms with E-state index >= 15 is 0 Å². The van der Waals surface area contributed by atoms with E-state index < -0.39 is 10.0 Å². The number of nitrogens with one attached hydrogen (secondary N) is 1. The van der Waals surface area contributed by atoms with Gasteiger partial charge < -0.3 is 14.6 Å².